The van der Waals surface area contributed by atoms with E-state index in [1.54, 1.807) is 26.8 Å². The lowest BCUT2D eigenvalue weighted by Gasteiger charge is -2.16. The average Bonchev–Trinajstić information content (AvgIpc) is 2.95. The maximum atomic E-state index is 12.2. The molecule has 0 saturated carbocycles. The number of esters is 2. The predicted molar refractivity (Wildman–Crippen MR) is 101 cm³/mol. The molecule has 28 heavy (non-hydrogen) atoms. The van der Waals surface area contributed by atoms with Gasteiger partial charge in [-0.15, -0.1) is 0 Å². The van der Waals surface area contributed by atoms with Crippen LogP contribution in [0.3, 0.4) is 0 Å². The summed E-state index contributed by atoms with van der Waals surface area (Å²) in [5, 5.41) is 0. The summed E-state index contributed by atoms with van der Waals surface area (Å²) in [6, 6.07) is 9.78. The first-order valence-electron chi connectivity index (χ1n) is 9.26. The van der Waals surface area contributed by atoms with Gasteiger partial charge in [-0.2, -0.15) is 0 Å². The maximum absolute atomic E-state index is 12.2. The van der Waals surface area contributed by atoms with Crippen molar-refractivity contribution in [1.82, 2.24) is 0 Å². The van der Waals surface area contributed by atoms with E-state index in [1.807, 2.05) is 30.3 Å². The summed E-state index contributed by atoms with van der Waals surface area (Å²) in [6.07, 6.45) is 0.378. The number of rotatable bonds is 9. The Morgan fingerprint density at radius 2 is 1.89 bits per heavy atom. The first-order chi connectivity index (χ1) is 13.3. The van der Waals surface area contributed by atoms with Crippen LogP contribution < -0.4 is 0 Å². The molecule has 0 aliphatic carbocycles. The van der Waals surface area contributed by atoms with Crippen LogP contribution in [0.25, 0.3) is 0 Å². The number of benzene rings is 1. The second kappa shape index (κ2) is 10.4. The lowest BCUT2D eigenvalue weighted by atomic mass is 10.1. The van der Waals surface area contributed by atoms with Gasteiger partial charge in [-0.05, 0) is 32.4 Å². The van der Waals surface area contributed by atoms with Gasteiger partial charge in [0, 0.05) is 5.57 Å². The molecular formula is C21H28O7. The van der Waals surface area contributed by atoms with Crippen molar-refractivity contribution in [3.05, 3.63) is 47.5 Å². The summed E-state index contributed by atoms with van der Waals surface area (Å²) in [4.78, 5) is 23.9. The molecule has 0 radical (unpaired) electrons. The second-order valence-electron chi connectivity index (χ2n) is 6.80. The summed E-state index contributed by atoms with van der Waals surface area (Å²) in [5.74, 6) is -1.95. The highest BCUT2D eigenvalue weighted by atomic mass is 16.8. The van der Waals surface area contributed by atoms with Gasteiger partial charge < -0.3 is 23.7 Å². The fourth-order valence-corrected chi connectivity index (χ4v) is 2.85. The quantitative estimate of drug-likeness (QED) is 0.472. The molecule has 1 aliphatic heterocycles. The van der Waals surface area contributed by atoms with Crippen molar-refractivity contribution in [3.63, 3.8) is 0 Å². The molecular weight excluding hydrogens is 364 g/mol. The Balaban J connectivity index is 2.09. The van der Waals surface area contributed by atoms with Crippen LogP contribution in [-0.2, 0) is 39.9 Å². The molecule has 0 N–H and O–H groups in total. The number of hydrogen-bond acceptors (Lipinski definition) is 7. The zero-order valence-corrected chi connectivity index (χ0v) is 16.8. The molecule has 1 saturated heterocycles. The standard InChI is InChI=1S/C21H28O7/c1-5-26-20(23)16(12-19(22)24-4)11-17-18(28-21(2,3)27-17)14-25-13-15-9-7-6-8-10-15/h6-11,17-18H,5,12-14H2,1-4H3/b16-11+/t17-,18-/m0/s1. The van der Waals surface area contributed by atoms with Crippen LogP contribution in [0.5, 0.6) is 0 Å². The summed E-state index contributed by atoms with van der Waals surface area (Å²) in [6.45, 7) is 6.18. The summed E-state index contributed by atoms with van der Waals surface area (Å²) < 4.78 is 27.3. The van der Waals surface area contributed by atoms with Gasteiger partial charge in [0.15, 0.2) is 5.79 Å². The number of carbonyl (C=O) groups is 2. The van der Waals surface area contributed by atoms with Crippen molar-refractivity contribution < 1.29 is 33.3 Å². The summed E-state index contributed by atoms with van der Waals surface area (Å²) in [7, 11) is 1.27. The van der Waals surface area contributed by atoms with E-state index < -0.39 is 29.9 Å². The molecule has 1 heterocycles. The third-order valence-corrected chi connectivity index (χ3v) is 4.08. The molecule has 154 valence electrons. The van der Waals surface area contributed by atoms with E-state index >= 15 is 0 Å². The first kappa shape index (κ1) is 22.1. The van der Waals surface area contributed by atoms with Crippen molar-refractivity contribution >= 4 is 11.9 Å². The zero-order chi connectivity index (χ0) is 20.6. The van der Waals surface area contributed by atoms with Gasteiger partial charge in [-0.3, -0.25) is 4.79 Å². The highest BCUT2D eigenvalue weighted by Gasteiger charge is 2.41. The SMILES string of the molecule is CCOC(=O)/C(=C/[C@@H]1OC(C)(C)O[C@H]1COCc1ccccc1)CC(=O)OC. The Morgan fingerprint density at radius 3 is 2.54 bits per heavy atom. The van der Waals surface area contributed by atoms with Crippen LogP contribution in [0.4, 0.5) is 0 Å². The average molecular weight is 392 g/mol. The van der Waals surface area contributed by atoms with Gasteiger partial charge in [0.2, 0.25) is 0 Å². The molecule has 0 amide bonds. The van der Waals surface area contributed by atoms with Gasteiger partial charge >= 0.3 is 11.9 Å². The fraction of sp³-hybridized carbons (Fsp3) is 0.524. The lowest BCUT2D eigenvalue weighted by Crippen LogP contribution is -2.27. The van der Waals surface area contributed by atoms with E-state index in [9.17, 15) is 9.59 Å². The van der Waals surface area contributed by atoms with Crippen molar-refractivity contribution in [2.45, 2.75) is 51.8 Å². The minimum absolute atomic E-state index is 0.174. The number of carbonyl (C=O) groups excluding carboxylic acids is 2. The molecule has 2 atom stereocenters. The highest BCUT2D eigenvalue weighted by Crippen LogP contribution is 2.30. The highest BCUT2D eigenvalue weighted by molar-refractivity contribution is 5.93. The van der Waals surface area contributed by atoms with E-state index in [0.29, 0.717) is 6.61 Å². The Bertz CT molecular complexity index is 681. The van der Waals surface area contributed by atoms with Crippen LogP contribution in [-0.4, -0.2) is 50.3 Å². The van der Waals surface area contributed by atoms with E-state index in [-0.39, 0.29) is 25.2 Å². The number of hydrogen-bond donors (Lipinski definition) is 0. The topological polar surface area (TPSA) is 80.3 Å². The van der Waals surface area contributed by atoms with Crippen molar-refractivity contribution in [3.8, 4) is 0 Å². The van der Waals surface area contributed by atoms with E-state index in [2.05, 4.69) is 4.74 Å². The van der Waals surface area contributed by atoms with Crippen LogP contribution in [0.2, 0.25) is 0 Å². The molecule has 0 aromatic heterocycles. The van der Waals surface area contributed by atoms with Gasteiger partial charge in [0.05, 0.1) is 33.4 Å². The Morgan fingerprint density at radius 1 is 1.18 bits per heavy atom. The smallest absolute Gasteiger partial charge is 0.334 e. The third kappa shape index (κ3) is 6.74. The largest absolute Gasteiger partial charge is 0.469 e. The minimum Gasteiger partial charge on any atom is -0.469 e. The molecule has 2 rings (SSSR count). The van der Waals surface area contributed by atoms with Crippen LogP contribution in [0.15, 0.2) is 42.0 Å². The van der Waals surface area contributed by atoms with Crippen molar-refractivity contribution in [1.29, 1.82) is 0 Å². The Kier molecular flexibility index (Phi) is 8.17. The minimum atomic E-state index is -0.840. The molecule has 7 nitrogen and oxygen atoms in total. The predicted octanol–water partition coefficient (Wildman–Crippen LogP) is 2.78. The van der Waals surface area contributed by atoms with Crippen molar-refractivity contribution in [2.75, 3.05) is 20.3 Å². The molecule has 1 aromatic carbocycles. The van der Waals surface area contributed by atoms with Gasteiger partial charge in [0.1, 0.15) is 12.2 Å². The Hall–Kier alpha value is -2.22. The summed E-state index contributed by atoms with van der Waals surface area (Å²) >= 11 is 0. The van der Waals surface area contributed by atoms with Crippen LogP contribution >= 0.6 is 0 Å². The van der Waals surface area contributed by atoms with Gasteiger partial charge in [0.25, 0.3) is 0 Å². The second-order valence-corrected chi connectivity index (χ2v) is 6.80. The maximum Gasteiger partial charge on any atom is 0.334 e. The fourth-order valence-electron chi connectivity index (χ4n) is 2.85. The first-order valence-corrected chi connectivity index (χ1v) is 9.26. The van der Waals surface area contributed by atoms with Crippen LogP contribution in [0, 0.1) is 0 Å². The van der Waals surface area contributed by atoms with E-state index in [4.69, 9.17) is 18.9 Å². The molecule has 1 aromatic rings. The Labute approximate surface area is 165 Å². The van der Waals surface area contributed by atoms with Crippen LogP contribution in [0.1, 0.15) is 32.8 Å². The number of methoxy groups -OCH3 is 1. The van der Waals surface area contributed by atoms with E-state index in [0.717, 1.165) is 5.56 Å². The normalized spacial score (nSPS) is 21.4. The van der Waals surface area contributed by atoms with Gasteiger partial charge in [-0.25, -0.2) is 4.79 Å². The molecule has 0 unspecified atom stereocenters. The monoisotopic (exact) mass is 392 g/mol. The zero-order valence-electron chi connectivity index (χ0n) is 16.8. The third-order valence-electron chi connectivity index (χ3n) is 4.08. The molecule has 0 bridgehead atoms. The lowest BCUT2D eigenvalue weighted by molar-refractivity contribution is -0.149. The van der Waals surface area contributed by atoms with Crippen molar-refractivity contribution in [2.24, 2.45) is 0 Å². The molecule has 1 fully saturated rings. The number of ether oxygens (including phenoxy) is 5. The molecule has 1 aliphatic rings. The molecule has 7 heteroatoms. The summed E-state index contributed by atoms with van der Waals surface area (Å²) in [5.41, 5.74) is 1.22. The molecule has 0 spiro atoms. The van der Waals surface area contributed by atoms with E-state index in [1.165, 1.54) is 7.11 Å². The van der Waals surface area contributed by atoms with Gasteiger partial charge in [-0.1, -0.05) is 30.3 Å².